The average Bonchev–Trinajstić information content (AvgIpc) is 1.82. The van der Waals surface area contributed by atoms with Crippen LogP contribution in [0.4, 0.5) is 0 Å². The molecule has 4 nitrogen and oxygen atoms in total. The molecule has 0 radical (unpaired) electrons. The quantitative estimate of drug-likeness (QED) is 0.700. The highest BCUT2D eigenvalue weighted by Crippen LogP contribution is 2.04. The monoisotopic (exact) mass is 190 g/mol. The highest BCUT2D eigenvalue weighted by molar-refractivity contribution is 7.88. The van der Waals surface area contributed by atoms with Crippen LogP contribution < -0.4 is 4.72 Å². The highest BCUT2D eigenvalue weighted by Gasteiger charge is 2.13. The van der Waals surface area contributed by atoms with Crippen molar-refractivity contribution in [3.63, 3.8) is 0 Å². The molecule has 0 aliphatic rings. The van der Waals surface area contributed by atoms with Crippen molar-refractivity contribution in [2.45, 2.75) is 26.3 Å². The van der Waals surface area contributed by atoms with Gasteiger partial charge in [0, 0.05) is 0 Å². The number of nitrogens with zero attached hydrogens (tertiary/aromatic N) is 1. The number of hydrogen-bond acceptors (Lipinski definition) is 3. The number of nitriles is 1. The zero-order valence-electron chi connectivity index (χ0n) is 7.53. The van der Waals surface area contributed by atoms with Gasteiger partial charge in [-0.3, -0.25) is 0 Å². The van der Waals surface area contributed by atoms with Crippen molar-refractivity contribution in [1.29, 1.82) is 5.26 Å². The van der Waals surface area contributed by atoms with Gasteiger partial charge in [0.2, 0.25) is 10.0 Å². The van der Waals surface area contributed by atoms with Gasteiger partial charge in [0.05, 0.1) is 12.3 Å². The zero-order chi connectivity index (χ0) is 9.78. The van der Waals surface area contributed by atoms with Crippen molar-refractivity contribution < 1.29 is 8.42 Å². The van der Waals surface area contributed by atoms with E-state index in [1.807, 2.05) is 19.9 Å². The second-order valence-corrected chi connectivity index (χ2v) is 4.98. The Balaban J connectivity index is 4.13. The summed E-state index contributed by atoms with van der Waals surface area (Å²) in [5.41, 5.74) is 0. The number of nitrogens with one attached hydrogen (secondary N) is 1. The van der Waals surface area contributed by atoms with Crippen LogP contribution in [0.1, 0.15) is 20.3 Å². The van der Waals surface area contributed by atoms with Gasteiger partial charge in [-0.1, -0.05) is 13.8 Å². The Morgan fingerprint density at radius 1 is 1.50 bits per heavy atom. The Bertz CT molecular complexity index is 264. The molecule has 0 aliphatic carbocycles. The van der Waals surface area contributed by atoms with Gasteiger partial charge in [0.15, 0.2) is 0 Å². The van der Waals surface area contributed by atoms with Crippen LogP contribution in [-0.4, -0.2) is 20.7 Å². The largest absolute Gasteiger partial charge is 0.213 e. The first-order valence-corrected chi connectivity index (χ1v) is 5.61. The summed E-state index contributed by atoms with van der Waals surface area (Å²) in [5.74, 6) is 0.309. The summed E-state index contributed by atoms with van der Waals surface area (Å²) in [4.78, 5) is 0. The lowest BCUT2D eigenvalue weighted by atomic mass is 10.1. The van der Waals surface area contributed by atoms with Crippen molar-refractivity contribution in [2.24, 2.45) is 5.92 Å². The molecule has 0 aliphatic heterocycles. The summed E-state index contributed by atoms with van der Waals surface area (Å²) >= 11 is 0. The van der Waals surface area contributed by atoms with E-state index in [1.165, 1.54) is 0 Å². The fourth-order valence-electron chi connectivity index (χ4n) is 0.857. The molecule has 0 aromatic carbocycles. The van der Waals surface area contributed by atoms with Crippen LogP contribution in [-0.2, 0) is 10.0 Å². The molecule has 0 bridgehead atoms. The first kappa shape index (κ1) is 11.4. The maximum atomic E-state index is 10.7. The summed E-state index contributed by atoms with van der Waals surface area (Å²) in [6.07, 6.45) is 1.60. The minimum absolute atomic E-state index is 0.309. The summed E-state index contributed by atoms with van der Waals surface area (Å²) in [5, 5.41) is 8.56. The molecule has 0 spiro atoms. The van der Waals surface area contributed by atoms with Crippen molar-refractivity contribution in [3.05, 3.63) is 0 Å². The van der Waals surface area contributed by atoms with Crippen molar-refractivity contribution in [2.75, 3.05) is 6.26 Å². The molecule has 1 unspecified atom stereocenters. The third-order valence-corrected chi connectivity index (χ3v) is 1.93. The molecular weight excluding hydrogens is 176 g/mol. The normalized spacial score (nSPS) is 14.2. The first-order chi connectivity index (χ1) is 5.35. The topological polar surface area (TPSA) is 70.0 Å². The van der Waals surface area contributed by atoms with E-state index in [2.05, 4.69) is 4.72 Å². The standard InChI is InChI=1S/C7H14N2O2S/c1-6(2)4-7(5-8)9-12(3,10)11/h6-7,9H,4H2,1-3H3. The van der Waals surface area contributed by atoms with Crippen molar-refractivity contribution in [3.8, 4) is 6.07 Å². The lowest BCUT2D eigenvalue weighted by molar-refractivity contribution is 0.515. The summed E-state index contributed by atoms with van der Waals surface area (Å²) in [7, 11) is -3.25. The van der Waals surface area contributed by atoms with Gasteiger partial charge in [0.25, 0.3) is 0 Å². The fourth-order valence-corrected chi connectivity index (χ4v) is 1.52. The molecule has 0 saturated carbocycles. The van der Waals surface area contributed by atoms with Crippen LogP contribution in [0.5, 0.6) is 0 Å². The molecule has 1 N–H and O–H groups in total. The Labute approximate surface area is 73.6 Å². The van der Waals surface area contributed by atoms with E-state index in [-0.39, 0.29) is 0 Å². The van der Waals surface area contributed by atoms with E-state index >= 15 is 0 Å². The summed E-state index contributed by atoms with van der Waals surface area (Å²) in [6.45, 7) is 3.88. The molecule has 0 rings (SSSR count). The van der Waals surface area contributed by atoms with Gasteiger partial charge < -0.3 is 0 Å². The van der Waals surface area contributed by atoms with E-state index in [0.717, 1.165) is 6.26 Å². The van der Waals surface area contributed by atoms with E-state index in [9.17, 15) is 8.42 Å². The van der Waals surface area contributed by atoms with E-state index in [1.54, 1.807) is 0 Å². The molecule has 0 aromatic heterocycles. The fraction of sp³-hybridized carbons (Fsp3) is 0.857. The van der Waals surface area contributed by atoms with Crippen LogP contribution >= 0.6 is 0 Å². The van der Waals surface area contributed by atoms with E-state index in [0.29, 0.717) is 12.3 Å². The van der Waals surface area contributed by atoms with E-state index in [4.69, 9.17) is 5.26 Å². The Hall–Kier alpha value is -0.600. The lowest BCUT2D eigenvalue weighted by Gasteiger charge is -2.11. The Morgan fingerprint density at radius 2 is 2.00 bits per heavy atom. The van der Waals surface area contributed by atoms with Crippen LogP contribution in [0.3, 0.4) is 0 Å². The highest BCUT2D eigenvalue weighted by atomic mass is 32.2. The maximum Gasteiger partial charge on any atom is 0.209 e. The second kappa shape index (κ2) is 4.43. The van der Waals surface area contributed by atoms with Crippen LogP contribution in [0, 0.1) is 17.2 Å². The average molecular weight is 190 g/mol. The van der Waals surface area contributed by atoms with Gasteiger partial charge in [-0.2, -0.15) is 9.98 Å². The Morgan fingerprint density at radius 3 is 2.25 bits per heavy atom. The lowest BCUT2D eigenvalue weighted by Crippen LogP contribution is -2.33. The van der Waals surface area contributed by atoms with Gasteiger partial charge in [-0.25, -0.2) is 8.42 Å². The smallest absolute Gasteiger partial charge is 0.209 e. The van der Waals surface area contributed by atoms with Gasteiger partial charge in [0.1, 0.15) is 6.04 Å². The molecule has 0 amide bonds. The predicted molar refractivity (Wildman–Crippen MR) is 46.8 cm³/mol. The van der Waals surface area contributed by atoms with E-state index < -0.39 is 16.1 Å². The molecule has 1 atom stereocenters. The predicted octanol–water partition coefficient (Wildman–Crippen LogP) is 0.474. The third kappa shape index (κ3) is 6.13. The van der Waals surface area contributed by atoms with Crippen molar-refractivity contribution in [1.82, 2.24) is 4.72 Å². The van der Waals surface area contributed by atoms with Gasteiger partial charge >= 0.3 is 0 Å². The minimum Gasteiger partial charge on any atom is -0.213 e. The van der Waals surface area contributed by atoms with Crippen molar-refractivity contribution >= 4 is 10.0 Å². The SMILES string of the molecule is CC(C)CC(C#N)NS(C)(=O)=O. The minimum atomic E-state index is -3.25. The van der Waals surface area contributed by atoms with Gasteiger partial charge in [-0.05, 0) is 12.3 Å². The number of hydrogen-bond donors (Lipinski definition) is 1. The summed E-state index contributed by atoms with van der Waals surface area (Å²) in [6, 6.07) is 1.30. The number of rotatable bonds is 4. The molecule has 0 fully saturated rings. The zero-order valence-corrected chi connectivity index (χ0v) is 8.35. The first-order valence-electron chi connectivity index (χ1n) is 3.72. The van der Waals surface area contributed by atoms with Crippen LogP contribution in [0.2, 0.25) is 0 Å². The number of sulfonamides is 1. The Kier molecular flexibility index (Phi) is 4.21. The maximum absolute atomic E-state index is 10.7. The molecule has 70 valence electrons. The van der Waals surface area contributed by atoms with Crippen LogP contribution in [0.25, 0.3) is 0 Å². The molecule has 12 heavy (non-hydrogen) atoms. The molecule has 5 heteroatoms. The molecular formula is C7H14N2O2S. The second-order valence-electron chi connectivity index (χ2n) is 3.20. The summed E-state index contributed by atoms with van der Waals surface area (Å²) < 4.78 is 23.7. The van der Waals surface area contributed by atoms with Gasteiger partial charge in [-0.15, -0.1) is 0 Å². The molecule has 0 saturated heterocycles. The molecule has 0 heterocycles. The van der Waals surface area contributed by atoms with Crippen LogP contribution in [0.15, 0.2) is 0 Å². The third-order valence-electron chi connectivity index (χ3n) is 1.22. The molecule has 0 aromatic rings.